The van der Waals surface area contributed by atoms with Gasteiger partial charge in [0, 0.05) is 6.21 Å². The maximum atomic E-state index is 10.9. The van der Waals surface area contributed by atoms with E-state index in [1.807, 2.05) is 0 Å². The van der Waals surface area contributed by atoms with Gasteiger partial charge >= 0.3 is 0 Å². The summed E-state index contributed by atoms with van der Waals surface area (Å²) in [6.45, 7) is 3.72. The zero-order valence-corrected chi connectivity index (χ0v) is 6.43. The van der Waals surface area contributed by atoms with Gasteiger partial charge in [-0.1, -0.05) is 17.8 Å². The lowest BCUT2D eigenvalue weighted by Crippen LogP contribution is -2.12. The van der Waals surface area contributed by atoms with Crippen LogP contribution in [-0.4, -0.2) is 24.4 Å². The molecule has 0 N–H and O–H groups in total. The molecule has 0 saturated carbocycles. The number of aliphatic imine (C=N–C) groups is 1. The predicted octanol–water partition coefficient (Wildman–Crippen LogP) is 0.712. The van der Waals surface area contributed by atoms with E-state index in [0.717, 1.165) is 0 Å². The van der Waals surface area contributed by atoms with Crippen LogP contribution < -0.4 is 0 Å². The Hall–Kier alpha value is -1.71. The summed E-state index contributed by atoms with van der Waals surface area (Å²) in [5.41, 5.74) is 0.208. The maximum absolute atomic E-state index is 10.9. The monoisotopic (exact) mass is 164 g/mol. The fraction of sp³-hybridized carbons (Fsp3) is 0.125. The Morgan fingerprint density at radius 3 is 3.25 bits per heavy atom. The van der Waals surface area contributed by atoms with E-state index in [9.17, 15) is 4.79 Å². The van der Waals surface area contributed by atoms with Crippen LogP contribution in [0.1, 0.15) is 0 Å². The van der Waals surface area contributed by atoms with Gasteiger partial charge in [-0.05, 0) is 12.2 Å². The number of nitrogens with zero attached hydrogens (tertiary/aromatic N) is 2. The van der Waals surface area contributed by atoms with Gasteiger partial charge < -0.3 is 4.84 Å². The van der Waals surface area contributed by atoms with Gasteiger partial charge in [-0.15, -0.1) is 0 Å². The number of carbonyl (C=O) groups is 1. The molecule has 0 aromatic rings. The molecule has 0 saturated heterocycles. The third kappa shape index (κ3) is 2.16. The second-order valence-electron chi connectivity index (χ2n) is 2.00. The lowest BCUT2D eigenvalue weighted by Gasteiger charge is -1.98. The fourth-order valence-corrected chi connectivity index (χ4v) is 0.611. The Kier molecular flexibility index (Phi) is 2.95. The maximum Gasteiger partial charge on any atom is 0.298 e. The highest BCUT2D eigenvalue weighted by Crippen LogP contribution is 1.93. The van der Waals surface area contributed by atoms with Crippen LogP contribution in [0.5, 0.6) is 0 Å². The average Bonchev–Trinajstić information content (AvgIpc) is 2.09. The summed E-state index contributed by atoms with van der Waals surface area (Å²) in [4.78, 5) is 19.1. The minimum absolute atomic E-state index is 0.208. The Morgan fingerprint density at radius 1 is 1.75 bits per heavy atom. The SMILES string of the molecule is C=CCO/N=C1/C=CC=NC1=O. The minimum atomic E-state index is -0.387. The molecule has 1 aliphatic heterocycles. The lowest BCUT2D eigenvalue weighted by atomic mass is 10.3. The molecule has 1 amide bonds. The summed E-state index contributed by atoms with van der Waals surface area (Å²) in [5, 5.41) is 3.55. The first kappa shape index (κ1) is 8.39. The fourth-order valence-electron chi connectivity index (χ4n) is 0.611. The van der Waals surface area contributed by atoms with Crippen LogP contribution in [0.15, 0.2) is 35.0 Å². The Labute approximate surface area is 69.9 Å². The molecule has 0 aliphatic carbocycles. The quantitative estimate of drug-likeness (QED) is 0.350. The number of hydrogen-bond acceptors (Lipinski definition) is 3. The summed E-state index contributed by atoms with van der Waals surface area (Å²) >= 11 is 0. The number of allylic oxidation sites excluding steroid dienone is 1. The van der Waals surface area contributed by atoms with Crippen LogP contribution in [0.4, 0.5) is 0 Å². The van der Waals surface area contributed by atoms with E-state index in [-0.39, 0.29) is 18.2 Å². The summed E-state index contributed by atoms with van der Waals surface area (Å²) < 4.78 is 0. The van der Waals surface area contributed by atoms with Gasteiger partial charge in [-0.2, -0.15) is 0 Å². The van der Waals surface area contributed by atoms with Gasteiger partial charge in [0.15, 0.2) is 5.71 Å². The van der Waals surface area contributed by atoms with E-state index in [2.05, 4.69) is 16.7 Å². The number of amides is 1. The van der Waals surface area contributed by atoms with Crippen molar-refractivity contribution in [3.05, 3.63) is 24.8 Å². The molecule has 4 heteroatoms. The molecule has 12 heavy (non-hydrogen) atoms. The lowest BCUT2D eigenvalue weighted by molar-refractivity contribution is -0.111. The largest absolute Gasteiger partial charge is 0.391 e. The van der Waals surface area contributed by atoms with Crippen molar-refractivity contribution in [1.82, 2.24) is 0 Å². The third-order valence-corrected chi connectivity index (χ3v) is 1.11. The molecular formula is C8H8N2O2. The van der Waals surface area contributed by atoms with Gasteiger partial charge in [0.05, 0.1) is 0 Å². The van der Waals surface area contributed by atoms with Crippen LogP contribution in [0.3, 0.4) is 0 Å². The average molecular weight is 164 g/mol. The first-order chi connectivity index (χ1) is 5.84. The highest BCUT2D eigenvalue weighted by atomic mass is 16.6. The van der Waals surface area contributed by atoms with Gasteiger partial charge in [0.1, 0.15) is 6.61 Å². The molecule has 0 spiro atoms. The van der Waals surface area contributed by atoms with Crippen molar-refractivity contribution in [3.63, 3.8) is 0 Å². The highest BCUT2D eigenvalue weighted by molar-refractivity contribution is 6.46. The first-order valence-electron chi connectivity index (χ1n) is 3.40. The van der Waals surface area contributed by atoms with E-state index in [1.165, 1.54) is 6.21 Å². The zero-order valence-electron chi connectivity index (χ0n) is 6.43. The zero-order chi connectivity index (χ0) is 8.81. The van der Waals surface area contributed by atoms with Crippen molar-refractivity contribution in [2.45, 2.75) is 0 Å². The topological polar surface area (TPSA) is 51.0 Å². The number of hydrogen-bond donors (Lipinski definition) is 0. The number of oxime groups is 1. The summed E-state index contributed by atoms with van der Waals surface area (Å²) in [6.07, 6.45) is 6.12. The molecule has 0 radical (unpaired) electrons. The predicted molar refractivity (Wildman–Crippen MR) is 46.2 cm³/mol. The molecule has 0 aromatic carbocycles. The number of dihydropyridines is 1. The molecular weight excluding hydrogens is 156 g/mol. The van der Waals surface area contributed by atoms with Crippen molar-refractivity contribution in [2.24, 2.45) is 10.1 Å². The van der Waals surface area contributed by atoms with Gasteiger partial charge in [-0.3, -0.25) is 4.79 Å². The molecule has 1 aliphatic rings. The van der Waals surface area contributed by atoms with Crippen molar-refractivity contribution >= 4 is 17.8 Å². The van der Waals surface area contributed by atoms with Crippen LogP contribution in [0.25, 0.3) is 0 Å². The smallest absolute Gasteiger partial charge is 0.298 e. The molecule has 4 nitrogen and oxygen atoms in total. The van der Waals surface area contributed by atoms with Crippen molar-refractivity contribution in [1.29, 1.82) is 0 Å². The molecule has 0 atom stereocenters. The normalized spacial score (nSPS) is 18.3. The van der Waals surface area contributed by atoms with Crippen LogP contribution >= 0.6 is 0 Å². The van der Waals surface area contributed by atoms with E-state index in [1.54, 1.807) is 18.2 Å². The molecule has 0 bridgehead atoms. The van der Waals surface area contributed by atoms with E-state index in [0.29, 0.717) is 0 Å². The highest BCUT2D eigenvalue weighted by Gasteiger charge is 2.08. The van der Waals surface area contributed by atoms with E-state index >= 15 is 0 Å². The van der Waals surface area contributed by atoms with Gasteiger partial charge in [-0.25, -0.2) is 4.99 Å². The van der Waals surface area contributed by atoms with Crippen LogP contribution in [0.2, 0.25) is 0 Å². The molecule has 0 fully saturated rings. The number of rotatable bonds is 3. The van der Waals surface area contributed by atoms with Gasteiger partial charge in [0.2, 0.25) is 0 Å². The van der Waals surface area contributed by atoms with Crippen molar-refractivity contribution in [2.75, 3.05) is 6.61 Å². The third-order valence-electron chi connectivity index (χ3n) is 1.11. The molecule has 0 aromatic heterocycles. The van der Waals surface area contributed by atoms with Crippen LogP contribution in [-0.2, 0) is 9.63 Å². The second-order valence-corrected chi connectivity index (χ2v) is 2.00. The Bertz CT molecular complexity index is 277. The van der Waals surface area contributed by atoms with Gasteiger partial charge in [0.25, 0.3) is 5.91 Å². The molecule has 1 heterocycles. The summed E-state index contributed by atoms with van der Waals surface area (Å²) in [5.74, 6) is -0.387. The second kappa shape index (κ2) is 4.23. The van der Waals surface area contributed by atoms with E-state index in [4.69, 9.17) is 4.84 Å². The number of carbonyl (C=O) groups excluding carboxylic acids is 1. The Balaban J connectivity index is 2.56. The molecule has 62 valence electrons. The molecule has 1 rings (SSSR count). The minimum Gasteiger partial charge on any atom is -0.391 e. The molecule has 0 unspecified atom stereocenters. The Morgan fingerprint density at radius 2 is 2.58 bits per heavy atom. The summed E-state index contributed by atoms with van der Waals surface area (Å²) in [6, 6.07) is 0. The standard InChI is InChI=1S/C8H8N2O2/c1-2-6-12-10-7-4-3-5-9-8(7)11/h2-5H,1,6H2/b10-7-. The first-order valence-corrected chi connectivity index (χ1v) is 3.40. The van der Waals surface area contributed by atoms with Crippen LogP contribution in [0, 0.1) is 0 Å². The van der Waals surface area contributed by atoms with Crippen molar-refractivity contribution in [3.8, 4) is 0 Å². The van der Waals surface area contributed by atoms with Crippen molar-refractivity contribution < 1.29 is 9.63 Å². The van der Waals surface area contributed by atoms with E-state index < -0.39 is 0 Å². The summed E-state index contributed by atoms with van der Waals surface area (Å²) in [7, 11) is 0.